The first-order chi connectivity index (χ1) is 27.3. The monoisotopic (exact) mass is 815 g/mol. The highest BCUT2D eigenvalue weighted by Gasteiger charge is 2.52. The van der Waals surface area contributed by atoms with Gasteiger partial charge in [-0.05, 0) is 84.6 Å². The van der Waals surface area contributed by atoms with Crippen LogP contribution >= 0.6 is 0 Å². The number of methoxy groups -OCH3 is 2. The molecule has 0 spiro atoms. The summed E-state index contributed by atoms with van der Waals surface area (Å²) in [6.07, 6.45) is -0.610. The lowest BCUT2D eigenvalue weighted by Crippen LogP contribution is -2.39. The zero-order valence-electron chi connectivity index (χ0n) is 30.6. The van der Waals surface area contributed by atoms with Crippen LogP contribution in [-0.4, -0.2) is 89.9 Å². The number of aliphatic carboxylic acids is 2. The minimum absolute atomic E-state index is 0.00622. The summed E-state index contributed by atoms with van der Waals surface area (Å²) in [6, 6.07) is 25.5. The Balaban J connectivity index is 1.39. The van der Waals surface area contributed by atoms with Crippen LogP contribution < -0.4 is 18.1 Å². The Morgan fingerprint density at radius 2 is 1.26 bits per heavy atom. The van der Waals surface area contributed by atoms with E-state index >= 15 is 0 Å². The second kappa shape index (κ2) is 15.4. The van der Waals surface area contributed by atoms with E-state index in [-0.39, 0.29) is 68.9 Å². The molecule has 0 aliphatic carbocycles. The summed E-state index contributed by atoms with van der Waals surface area (Å²) in [5, 5.41) is 20.5. The fourth-order valence-corrected chi connectivity index (χ4v) is 10.0. The predicted molar refractivity (Wildman–Crippen MR) is 208 cm³/mol. The fraction of sp³-hybridized carbons (Fsp3) is 0.225. The molecule has 1 saturated heterocycles. The van der Waals surface area contributed by atoms with E-state index in [1.54, 1.807) is 29.2 Å². The lowest BCUT2D eigenvalue weighted by atomic mass is 9.97. The van der Waals surface area contributed by atoms with E-state index in [0.717, 1.165) is 14.2 Å². The van der Waals surface area contributed by atoms with Gasteiger partial charge in [-0.1, -0.05) is 42.5 Å². The van der Waals surface area contributed by atoms with Crippen LogP contribution in [-0.2, 0) is 40.8 Å². The Kier molecular flexibility index (Phi) is 10.6. The fourth-order valence-electron chi connectivity index (χ4n) is 7.12. The molecular weight excluding hydrogens is 779 g/mol. The minimum atomic E-state index is -4.63. The second-order valence-corrected chi connectivity index (χ2v) is 17.0. The molecule has 2 aliphatic heterocycles. The van der Waals surface area contributed by atoms with Crippen LogP contribution in [0.4, 0.5) is 11.4 Å². The molecule has 5 aromatic carbocycles. The van der Waals surface area contributed by atoms with Gasteiger partial charge in [0, 0.05) is 22.9 Å². The first-order valence-corrected chi connectivity index (χ1v) is 20.5. The minimum Gasteiger partial charge on any atom is -0.497 e. The summed E-state index contributed by atoms with van der Waals surface area (Å²) in [4.78, 5) is 39.5. The molecule has 0 saturated carbocycles. The van der Waals surface area contributed by atoms with Gasteiger partial charge in [0.2, 0.25) is 0 Å². The average molecular weight is 816 g/mol. The van der Waals surface area contributed by atoms with Crippen molar-refractivity contribution in [2.75, 3.05) is 42.5 Å². The number of ether oxygens (including phenoxy) is 3. The molecule has 1 amide bonds. The zero-order valence-corrected chi connectivity index (χ0v) is 32.3. The molecule has 2 heterocycles. The number of carboxylic acid groups (broad SMARTS) is 2. The number of hydrogen-bond donors (Lipinski definition) is 2. The molecular formula is C40H37N3O12S2. The lowest BCUT2D eigenvalue weighted by molar-refractivity contribution is -0.136. The van der Waals surface area contributed by atoms with Crippen molar-refractivity contribution in [3.8, 4) is 11.5 Å². The molecule has 2 atom stereocenters. The number of epoxide rings is 1. The average Bonchev–Trinajstić information content (AvgIpc) is 4.01. The van der Waals surface area contributed by atoms with Gasteiger partial charge in [0.1, 0.15) is 30.7 Å². The molecule has 17 heteroatoms. The van der Waals surface area contributed by atoms with Crippen LogP contribution in [0.15, 0.2) is 113 Å². The van der Waals surface area contributed by atoms with Crippen LogP contribution in [0.5, 0.6) is 11.5 Å². The molecule has 0 radical (unpaired) electrons. The SMILES string of the molecule is COc1ccc(S(=O)(=O)N(CC(=O)O)c2cc(CCCN3C(=O)c4ccccc4C4OC43)c(N(CC(=O)O)S(=O)(=O)c3ccc(OC)cc3)c3ccccc23)cc1. The lowest BCUT2D eigenvalue weighted by Gasteiger charge is -2.31. The zero-order chi connectivity index (χ0) is 40.6. The van der Waals surface area contributed by atoms with Gasteiger partial charge in [-0.25, -0.2) is 16.8 Å². The molecule has 2 N–H and O–H groups in total. The van der Waals surface area contributed by atoms with Gasteiger partial charge >= 0.3 is 11.9 Å². The van der Waals surface area contributed by atoms with E-state index in [4.69, 9.17) is 14.2 Å². The van der Waals surface area contributed by atoms with Crippen molar-refractivity contribution >= 4 is 60.0 Å². The summed E-state index contributed by atoms with van der Waals surface area (Å²) < 4.78 is 75.4. The van der Waals surface area contributed by atoms with Gasteiger partial charge in [-0.15, -0.1) is 0 Å². The van der Waals surface area contributed by atoms with Crippen LogP contribution in [0.3, 0.4) is 0 Å². The maximum atomic E-state index is 14.5. The van der Waals surface area contributed by atoms with Crippen LogP contribution in [0.25, 0.3) is 10.8 Å². The van der Waals surface area contributed by atoms with Gasteiger partial charge in [-0.2, -0.15) is 0 Å². The number of carboxylic acids is 2. The molecule has 2 unspecified atom stereocenters. The Morgan fingerprint density at radius 3 is 1.84 bits per heavy atom. The number of aryl methyl sites for hydroxylation is 1. The van der Waals surface area contributed by atoms with Gasteiger partial charge < -0.3 is 29.3 Å². The summed E-state index contributed by atoms with van der Waals surface area (Å²) in [5.41, 5.74) is 1.32. The van der Waals surface area contributed by atoms with E-state index in [9.17, 15) is 41.4 Å². The molecule has 296 valence electrons. The van der Waals surface area contributed by atoms with Crippen molar-refractivity contribution in [2.24, 2.45) is 0 Å². The Morgan fingerprint density at radius 1 is 0.737 bits per heavy atom. The normalized spacial score (nSPS) is 16.0. The largest absolute Gasteiger partial charge is 0.497 e. The highest BCUT2D eigenvalue weighted by Crippen LogP contribution is 2.47. The van der Waals surface area contributed by atoms with E-state index in [1.165, 1.54) is 80.9 Å². The number of carbonyl (C=O) groups excluding carboxylic acids is 1. The second-order valence-electron chi connectivity index (χ2n) is 13.2. The number of hydrogen-bond acceptors (Lipinski definition) is 10. The van der Waals surface area contributed by atoms with Crippen molar-refractivity contribution in [1.29, 1.82) is 0 Å². The number of anilines is 2. The molecule has 2 aliphatic rings. The molecule has 1 fully saturated rings. The van der Waals surface area contributed by atoms with Gasteiger partial charge in [-0.3, -0.25) is 23.0 Å². The van der Waals surface area contributed by atoms with E-state index in [0.29, 0.717) is 17.1 Å². The van der Waals surface area contributed by atoms with E-state index < -0.39 is 51.3 Å². The number of sulfonamides is 2. The summed E-state index contributed by atoms with van der Waals surface area (Å²) >= 11 is 0. The third-order valence-electron chi connectivity index (χ3n) is 9.82. The number of fused-ring (bicyclic) bond motifs is 4. The topological polar surface area (TPSA) is 201 Å². The number of benzene rings is 5. The number of nitrogens with zero attached hydrogens (tertiary/aromatic N) is 3. The van der Waals surface area contributed by atoms with Crippen LogP contribution in [0.2, 0.25) is 0 Å². The number of carbonyl (C=O) groups is 3. The van der Waals surface area contributed by atoms with Crippen molar-refractivity contribution in [3.05, 3.63) is 120 Å². The summed E-state index contributed by atoms with van der Waals surface area (Å²) in [5.74, 6) is -2.47. The number of rotatable bonds is 16. The first kappa shape index (κ1) is 39.1. The highest BCUT2D eigenvalue weighted by atomic mass is 32.2. The molecule has 7 rings (SSSR count). The van der Waals surface area contributed by atoms with Crippen molar-refractivity contribution in [3.63, 3.8) is 0 Å². The van der Waals surface area contributed by atoms with Crippen LogP contribution in [0.1, 0.15) is 34.0 Å². The Bertz CT molecular complexity index is 2600. The van der Waals surface area contributed by atoms with E-state index in [2.05, 4.69) is 0 Å². The highest BCUT2D eigenvalue weighted by molar-refractivity contribution is 7.93. The Labute approximate surface area is 328 Å². The standard InChI is InChI=1S/C40H37N3O12S2/c1-53-26-13-17-28(18-14-26)56(49,50)42(23-35(44)45)34-22-25(8-7-21-41-39(48)33-12-6-5-11-32(33)38-40(41)55-38)37(31-10-4-3-9-30(31)34)43(24-36(46)47)57(51,52)29-19-15-27(54-2)16-20-29/h3-6,9-20,22,38,40H,7-8,21,23-24H2,1-2H3,(H,44,45)(H,46,47). The maximum Gasteiger partial charge on any atom is 0.324 e. The summed E-state index contributed by atoms with van der Waals surface area (Å²) in [7, 11) is -6.41. The Hall–Kier alpha value is -6.17. The quantitative estimate of drug-likeness (QED) is 0.128. The van der Waals surface area contributed by atoms with E-state index in [1.807, 2.05) is 12.1 Å². The van der Waals surface area contributed by atoms with Gasteiger partial charge in [0.05, 0.1) is 35.4 Å². The van der Waals surface area contributed by atoms with Crippen molar-refractivity contribution < 1.29 is 55.6 Å². The third-order valence-corrected chi connectivity index (χ3v) is 13.4. The maximum absolute atomic E-state index is 14.5. The number of amides is 1. The first-order valence-electron chi connectivity index (χ1n) is 17.6. The molecule has 0 aromatic heterocycles. The predicted octanol–water partition coefficient (Wildman–Crippen LogP) is 4.90. The summed E-state index contributed by atoms with van der Waals surface area (Å²) in [6.45, 7) is -1.89. The van der Waals surface area contributed by atoms with Gasteiger partial charge in [0.15, 0.2) is 6.23 Å². The molecule has 15 nitrogen and oxygen atoms in total. The smallest absolute Gasteiger partial charge is 0.324 e. The van der Waals surface area contributed by atoms with Crippen LogP contribution in [0, 0.1) is 0 Å². The van der Waals surface area contributed by atoms with Crippen molar-refractivity contribution in [1.82, 2.24) is 4.90 Å². The molecule has 0 bridgehead atoms. The van der Waals surface area contributed by atoms with Gasteiger partial charge in [0.25, 0.3) is 26.0 Å². The van der Waals surface area contributed by atoms with Crippen molar-refractivity contribution in [2.45, 2.75) is 35.0 Å². The third kappa shape index (κ3) is 7.43. The molecule has 57 heavy (non-hydrogen) atoms. The molecule has 5 aromatic rings.